The molecule has 0 amide bonds. The first-order valence-corrected chi connectivity index (χ1v) is 8.78. The van der Waals surface area contributed by atoms with Crippen LogP contribution in [0.1, 0.15) is 18.9 Å². The summed E-state index contributed by atoms with van der Waals surface area (Å²) in [6.07, 6.45) is 3.00. The third-order valence-corrected chi connectivity index (χ3v) is 4.08. The van der Waals surface area contributed by atoms with Crippen molar-refractivity contribution in [3.8, 4) is 5.88 Å². The Hall–Kier alpha value is -1.27. The minimum atomic E-state index is 0.472. The van der Waals surface area contributed by atoms with E-state index in [0.29, 0.717) is 17.6 Å². The largest absolute Gasteiger partial charge is 0.473 e. The zero-order valence-electron chi connectivity index (χ0n) is 12.1. The summed E-state index contributed by atoms with van der Waals surface area (Å²) in [5.74, 6) is 1.39. The first kappa shape index (κ1) is 16.1. The predicted octanol–water partition coefficient (Wildman–Crippen LogP) is 4.36. The molecule has 6 heteroatoms. The van der Waals surface area contributed by atoms with Gasteiger partial charge in [-0.3, -0.25) is 0 Å². The number of hydrogen-bond acceptors (Lipinski definition) is 5. The van der Waals surface area contributed by atoms with Crippen LogP contribution in [0.15, 0.2) is 40.0 Å². The van der Waals surface area contributed by atoms with Crippen LogP contribution in [0.25, 0.3) is 0 Å². The maximum atomic E-state index is 5.80. The molecule has 1 aromatic carbocycles. The van der Waals surface area contributed by atoms with Gasteiger partial charge in [0.05, 0.1) is 0 Å². The Bertz CT molecular complexity index is 595. The summed E-state index contributed by atoms with van der Waals surface area (Å²) in [5.41, 5.74) is 1.09. The monoisotopic (exact) mass is 367 g/mol. The average Bonchev–Trinajstić information content (AvgIpc) is 2.52. The Labute approximate surface area is 137 Å². The van der Waals surface area contributed by atoms with Gasteiger partial charge in [-0.2, -0.15) is 4.98 Å². The minimum Gasteiger partial charge on any atom is -0.473 e. The lowest BCUT2D eigenvalue weighted by atomic mass is 10.2. The molecule has 0 atom stereocenters. The van der Waals surface area contributed by atoms with Crippen molar-refractivity contribution in [2.24, 2.45) is 0 Å². The number of anilines is 1. The highest BCUT2D eigenvalue weighted by Crippen LogP contribution is 2.22. The smallest absolute Gasteiger partial charge is 0.219 e. The number of nitrogens with zero attached hydrogens (tertiary/aromatic N) is 2. The van der Waals surface area contributed by atoms with Crippen LogP contribution in [0.5, 0.6) is 5.88 Å². The normalized spacial score (nSPS) is 10.4. The molecule has 21 heavy (non-hydrogen) atoms. The molecule has 1 N–H and O–H groups in total. The van der Waals surface area contributed by atoms with Crippen LogP contribution in [-0.4, -0.2) is 22.8 Å². The van der Waals surface area contributed by atoms with Crippen LogP contribution in [0, 0.1) is 0 Å². The molecule has 0 spiro atoms. The summed E-state index contributed by atoms with van der Waals surface area (Å²) in [5, 5.41) is 3.97. The fourth-order valence-corrected chi connectivity index (χ4v) is 2.45. The van der Waals surface area contributed by atoms with Gasteiger partial charge in [0.15, 0.2) is 5.16 Å². The molecule has 2 rings (SSSR count). The van der Waals surface area contributed by atoms with Crippen molar-refractivity contribution in [3.05, 3.63) is 40.4 Å². The predicted molar refractivity (Wildman–Crippen MR) is 91.1 cm³/mol. The molecule has 0 bridgehead atoms. The summed E-state index contributed by atoms with van der Waals surface area (Å²) in [6.45, 7) is 3.47. The second-order valence-electron chi connectivity index (χ2n) is 4.38. The summed E-state index contributed by atoms with van der Waals surface area (Å²) in [6, 6.07) is 9.84. The van der Waals surface area contributed by atoms with Gasteiger partial charge in [0, 0.05) is 22.6 Å². The van der Waals surface area contributed by atoms with Crippen LogP contribution in [0.4, 0.5) is 5.82 Å². The molecule has 2 aromatic rings. The lowest BCUT2D eigenvalue weighted by Crippen LogP contribution is -2.05. The second kappa shape index (κ2) is 8.24. The number of rotatable bonds is 7. The Morgan fingerprint density at radius 1 is 1.29 bits per heavy atom. The third-order valence-electron chi connectivity index (χ3n) is 2.75. The lowest BCUT2D eigenvalue weighted by molar-refractivity contribution is 0.290. The standard InChI is InChI=1S/C15H18BrN3OS/c1-3-8-17-13-9-14(19-15(18-13)21-2)20-10-11-6-4-5-7-12(11)16/h4-7,9H,3,8,10H2,1-2H3,(H,17,18,19). The molecule has 0 aliphatic heterocycles. The fraction of sp³-hybridized carbons (Fsp3) is 0.333. The minimum absolute atomic E-state index is 0.472. The molecule has 0 aliphatic carbocycles. The van der Waals surface area contributed by atoms with Gasteiger partial charge in [-0.25, -0.2) is 4.98 Å². The molecule has 4 nitrogen and oxygen atoms in total. The molecule has 112 valence electrons. The van der Waals surface area contributed by atoms with E-state index in [-0.39, 0.29) is 0 Å². The van der Waals surface area contributed by atoms with Crippen molar-refractivity contribution in [3.63, 3.8) is 0 Å². The summed E-state index contributed by atoms with van der Waals surface area (Å²) in [7, 11) is 0. The van der Waals surface area contributed by atoms with Crippen molar-refractivity contribution < 1.29 is 4.74 Å². The number of ether oxygens (including phenoxy) is 1. The van der Waals surface area contributed by atoms with E-state index in [1.807, 2.05) is 36.6 Å². The van der Waals surface area contributed by atoms with Crippen LogP contribution < -0.4 is 10.1 Å². The zero-order chi connectivity index (χ0) is 15.1. The van der Waals surface area contributed by atoms with Gasteiger partial charge in [0.2, 0.25) is 5.88 Å². The molecule has 0 saturated carbocycles. The van der Waals surface area contributed by atoms with E-state index in [4.69, 9.17) is 4.74 Å². The molecule has 0 radical (unpaired) electrons. The first-order valence-electron chi connectivity index (χ1n) is 6.76. The van der Waals surface area contributed by atoms with Crippen molar-refractivity contribution in [1.29, 1.82) is 0 Å². The third kappa shape index (κ3) is 4.89. The number of aromatic nitrogens is 2. The highest BCUT2D eigenvalue weighted by Gasteiger charge is 2.06. The maximum Gasteiger partial charge on any atom is 0.219 e. The van der Waals surface area contributed by atoms with E-state index >= 15 is 0 Å². The lowest BCUT2D eigenvalue weighted by Gasteiger charge is -2.10. The molecule has 0 aliphatic rings. The van der Waals surface area contributed by atoms with Gasteiger partial charge in [-0.15, -0.1) is 0 Å². The van der Waals surface area contributed by atoms with E-state index in [1.165, 1.54) is 11.8 Å². The van der Waals surface area contributed by atoms with Crippen molar-refractivity contribution in [2.45, 2.75) is 25.1 Å². The first-order chi connectivity index (χ1) is 10.2. The quantitative estimate of drug-likeness (QED) is 0.581. The van der Waals surface area contributed by atoms with Crippen LogP contribution >= 0.6 is 27.7 Å². The van der Waals surface area contributed by atoms with Gasteiger partial charge >= 0.3 is 0 Å². The summed E-state index contributed by atoms with van der Waals surface area (Å²) in [4.78, 5) is 8.79. The van der Waals surface area contributed by atoms with Gasteiger partial charge in [-0.05, 0) is 18.7 Å². The zero-order valence-corrected chi connectivity index (χ0v) is 14.5. The second-order valence-corrected chi connectivity index (χ2v) is 6.01. The number of hydrogen-bond donors (Lipinski definition) is 1. The number of nitrogens with one attached hydrogen (secondary N) is 1. The molecular formula is C15H18BrN3OS. The molecule has 1 heterocycles. The summed E-state index contributed by atoms with van der Waals surface area (Å²) < 4.78 is 6.84. The topological polar surface area (TPSA) is 47.0 Å². The van der Waals surface area contributed by atoms with E-state index in [9.17, 15) is 0 Å². The highest BCUT2D eigenvalue weighted by molar-refractivity contribution is 9.10. The van der Waals surface area contributed by atoms with Crippen LogP contribution in [0.2, 0.25) is 0 Å². The molecule has 0 saturated heterocycles. The Morgan fingerprint density at radius 3 is 2.81 bits per heavy atom. The Kier molecular flexibility index (Phi) is 6.32. The number of benzene rings is 1. The van der Waals surface area contributed by atoms with E-state index < -0.39 is 0 Å². The highest BCUT2D eigenvalue weighted by atomic mass is 79.9. The van der Waals surface area contributed by atoms with Crippen molar-refractivity contribution in [1.82, 2.24) is 9.97 Å². The SMILES string of the molecule is CCCNc1cc(OCc2ccccc2Br)nc(SC)n1. The fourth-order valence-electron chi connectivity index (χ4n) is 1.68. The number of halogens is 1. The van der Waals surface area contributed by atoms with E-state index in [1.54, 1.807) is 0 Å². The Balaban J connectivity index is 2.09. The van der Waals surface area contributed by atoms with Gasteiger partial charge < -0.3 is 10.1 Å². The van der Waals surface area contributed by atoms with E-state index in [2.05, 4.69) is 38.1 Å². The molecule has 1 aromatic heterocycles. The van der Waals surface area contributed by atoms with Crippen LogP contribution in [0.3, 0.4) is 0 Å². The maximum absolute atomic E-state index is 5.80. The Morgan fingerprint density at radius 2 is 2.10 bits per heavy atom. The molecular weight excluding hydrogens is 350 g/mol. The van der Waals surface area contributed by atoms with E-state index in [0.717, 1.165) is 28.8 Å². The van der Waals surface area contributed by atoms with Crippen molar-refractivity contribution >= 4 is 33.5 Å². The van der Waals surface area contributed by atoms with Gasteiger partial charge in [-0.1, -0.05) is 52.8 Å². The summed E-state index contributed by atoms with van der Waals surface area (Å²) >= 11 is 5.02. The number of thioether (sulfide) groups is 1. The van der Waals surface area contributed by atoms with Gasteiger partial charge in [0.25, 0.3) is 0 Å². The molecule has 0 fully saturated rings. The van der Waals surface area contributed by atoms with Crippen molar-refractivity contribution in [2.75, 3.05) is 18.1 Å². The molecule has 0 unspecified atom stereocenters. The van der Waals surface area contributed by atoms with Gasteiger partial charge in [0.1, 0.15) is 12.4 Å². The van der Waals surface area contributed by atoms with Crippen LogP contribution in [-0.2, 0) is 6.61 Å². The average molecular weight is 368 g/mol.